The van der Waals surface area contributed by atoms with E-state index < -0.39 is 12.2 Å². The lowest BCUT2D eigenvalue weighted by atomic mass is 10.0. The SMILES string of the molecule is COc1cc(F)cc(Cn2cnc3cc(-c4c[nH]nc4C(F)F)ccc3c2=O)c1. The lowest BCUT2D eigenvalue weighted by Gasteiger charge is -2.09. The summed E-state index contributed by atoms with van der Waals surface area (Å²) in [6.45, 7) is 0.106. The van der Waals surface area contributed by atoms with Gasteiger partial charge >= 0.3 is 0 Å². The topological polar surface area (TPSA) is 72.8 Å². The Bertz CT molecular complexity index is 1250. The van der Waals surface area contributed by atoms with E-state index in [0.717, 1.165) is 0 Å². The van der Waals surface area contributed by atoms with Gasteiger partial charge in [0.05, 0.1) is 30.9 Å². The van der Waals surface area contributed by atoms with Crippen molar-refractivity contribution in [3.8, 4) is 16.9 Å². The number of ether oxygens (including phenoxy) is 1. The predicted molar refractivity (Wildman–Crippen MR) is 101 cm³/mol. The Morgan fingerprint density at radius 3 is 2.79 bits per heavy atom. The number of aromatic nitrogens is 4. The average Bonchev–Trinajstić information content (AvgIpc) is 3.20. The van der Waals surface area contributed by atoms with Crippen molar-refractivity contribution in [1.29, 1.82) is 0 Å². The molecule has 2 aromatic carbocycles. The number of hydrogen-bond donors (Lipinski definition) is 1. The Kier molecular flexibility index (Phi) is 4.79. The number of halogens is 3. The molecule has 29 heavy (non-hydrogen) atoms. The highest BCUT2D eigenvalue weighted by molar-refractivity contribution is 5.83. The smallest absolute Gasteiger partial charge is 0.282 e. The zero-order valence-electron chi connectivity index (χ0n) is 15.2. The molecule has 0 unspecified atom stereocenters. The van der Waals surface area contributed by atoms with Crippen molar-refractivity contribution in [1.82, 2.24) is 19.7 Å². The molecule has 2 aromatic heterocycles. The van der Waals surface area contributed by atoms with Gasteiger partial charge in [0.1, 0.15) is 17.3 Å². The van der Waals surface area contributed by atoms with Crippen LogP contribution in [0, 0.1) is 5.82 Å². The molecular formula is C20H15F3N4O2. The molecule has 0 spiro atoms. The molecular weight excluding hydrogens is 385 g/mol. The van der Waals surface area contributed by atoms with Crippen LogP contribution in [0.4, 0.5) is 13.2 Å². The number of nitrogens with zero attached hydrogens (tertiary/aromatic N) is 3. The molecule has 148 valence electrons. The Labute approximate surface area is 162 Å². The Morgan fingerprint density at radius 1 is 1.21 bits per heavy atom. The summed E-state index contributed by atoms with van der Waals surface area (Å²) < 4.78 is 46.2. The van der Waals surface area contributed by atoms with E-state index in [2.05, 4.69) is 15.2 Å². The van der Waals surface area contributed by atoms with Gasteiger partial charge in [-0.3, -0.25) is 14.5 Å². The van der Waals surface area contributed by atoms with Crippen molar-refractivity contribution in [2.24, 2.45) is 0 Å². The van der Waals surface area contributed by atoms with Gasteiger partial charge in [0.15, 0.2) is 0 Å². The van der Waals surface area contributed by atoms with Crippen LogP contribution in [0.3, 0.4) is 0 Å². The number of rotatable bonds is 5. The third-order valence-electron chi connectivity index (χ3n) is 4.53. The van der Waals surface area contributed by atoms with Crippen LogP contribution in [0.1, 0.15) is 17.7 Å². The van der Waals surface area contributed by atoms with Crippen LogP contribution >= 0.6 is 0 Å². The van der Waals surface area contributed by atoms with Gasteiger partial charge < -0.3 is 4.74 Å². The third-order valence-corrected chi connectivity index (χ3v) is 4.53. The zero-order chi connectivity index (χ0) is 20.5. The standard InChI is InChI=1S/C20H15F3N4O2/c1-29-14-5-11(4-13(21)7-14)9-27-10-24-17-6-12(2-3-15(17)20(27)28)16-8-25-26-18(16)19(22)23/h2-8,10,19H,9H2,1H3,(H,25,26). The van der Waals surface area contributed by atoms with Gasteiger partial charge in [-0.05, 0) is 35.4 Å². The van der Waals surface area contributed by atoms with Crippen LogP contribution in [0.15, 0.2) is 53.7 Å². The molecule has 0 saturated carbocycles. The van der Waals surface area contributed by atoms with Crippen molar-refractivity contribution in [2.45, 2.75) is 13.0 Å². The van der Waals surface area contributed by atoms with Crippen molar-refractivity contribution >= 4 is 10.9 Å². The van der Waals surface area contributed by atoms with E-state index in [4.69, 9.17) is 4.74 Å². The molecule has 0 saturated heterocycles. The van der Waals surface area contributed by atoms with Crippen LogP contribution in [0.2, 0.25) is 0 Å². The minimum absolute atomic E-state index is 0.106. The molecule has 2 heterocycles. The summed E-state index contributed by atoms with van der Waals surface area (Å²) in [5.41, 5.74) is 0.938. The van der Waals surface area contributed by atoms with Gasteiger partial charge in [0.2, 0.25) is 0 Å². The van der Waals surface area contributed by atoms with Gasteiger partial charge in [-0.25, -0.2) is 18.2 Å². The van der Waals surface area contributed by atoms with Crippen molar-refractivity contribution in [3.63, 3.8) is 0 Å². The first-order chi connectivity index (χ1) is 14.0. The molecule has 0 bridgehead atoms. The van der Waals surface area contributed by atoms with Gasteiger partial charge in [-0.1, -0.05) is 6.07 Å². The first kappa shape index (κ1) is 18.7. The summed E-state index contributed by atoms with van der Waals surface area (Å²) in [6, 6.07) is 8.85. The monoisotopic (exact) mass is 400 g/mol. The summed E-state index contributed by atoms with van der Waals surface area (Å²) in [4.78, 5) is 17.1. The van der Waals surface area contributed by atoms with Gasteiger partial charge in [0.25, 0.3) is 12.0 Å². The molecule has 0 atom stereocenters. The number of nitrogens with one attached hydrogen (secondary N) is 1. The molecule has 1 N–H and O–H groups in total. The van der Waals surface area contributed by atoms with E-state index in [0.29, 0.717) is 27.8 Å². The minimum Gasteiger partial charge on any atom is -0.497 e. The molecule has 4 rings (SSSR count). The van der Waals surface area contributed by atoms with Gasteiger partial charge in [-0.2, -0.15) is 5.10 Å². The number of benzene rings is 2. The number of alkyl halides is 2. The zero-order valence-corrected chi connectivity index (χ0v) is 15.2. The fraction of sp³-hybridized carbons (Fsp3) is 0.150. The predicted octanol–water partition coefficient (Wildman–Crippen LogP) is 3.92. The second-order valence-electron chi connectivity index (χ2n) is 6.39. The molecule has 6 nitrogen and oxygen atoms in total. The van der Waals surface area contributed by atoms with E-state index >= 15 is 0 Å². The molecule has 0 aliphatic heterocycles. The first-order valence-corrected chi connectivity index (χ1v) is 8.61. The first-order valence-electron chi connectivity index (χ1n) is 8.61. The third kappa shape index (κ3) is 3.58. The second-order valence-corrected chi connectivity index (χ2v) is 6.39. The van der Waals surface area contributed by atoms with Crippen molar-refractivity contribution in [3.05, 3.63) is 76.4 Å². The van der Waals surface area contributed by atoms with E-state index in [1.807, 2.05) is 0 Å². The lowest BCUT2D eigenvalue weighted by molar-refractivity contribution is 0.146. The normalized spacial score (nSPS) is 11.3. The maximum absolute atomic E-state index is 13.7. The molecule has 9 heteroatoms. The number of aromatic amines is 1. The number of methoxy groups -OCH3 is 1. The molecule has 0 aliphatic rings. The quantitative estimate of drug-likeness (QED) is 0.551. The molecule has 0 radical (unpaired) electrons. The largest absolute Gasteiger partial charge is 0.497 e. The minimum atomic E-state index is -2.73. The van der Waals surface area contributed by atoms with Crippen LogP contribution in [0.25, 0.3) is 22.0 Å². The van der Waals surface area contributed by atoms with Gasteiger partial charge in [-0.15, -0.1) is 0 Å². The highest BCUT2D eigenvalue weighted by Crippen LogP contribution is 2.30. The maximum atomic E-state index is 13.7. The van der Waals surface area contributed by atoms with Crippen LogP contribution in [0.5, 0.6) is 5.75 Å². The summed E-state index contributed by atoms with van der Waals surface area (Å²) in [5, 5.41) is 6.32. The maximum Gasteiger partial charge on any atom is 0.282 e. The van der Waals surface area contributed by atoms with Crippen LogP contribution in [-0.2, 0) is 6.54 Å². The van der Waals surface area contributed by atoms with Crippen LogP contribution in [-0.4, -0.2) is 26.9 Å². The van der Waals surface area contributed by atoms with Gasteiger partial charge in [0, 0.05) is 17.8 Å². The highest BCUT2D eigenvalue weighted by atomic mass is 19.3. The Balaban J connectivity index is 1.72. The lowest BCUT2D eigenvalue weighted by Crippen LogP contribution is -2.21. The Hall–Kier alpha value is -3.62. The molecule has 0 aliphatic carbocycles. The highest BCUT2D eigenvalue weighted by Gasteiger charge is 2.18. The van der Waals surface area contributed by atoms with E-state index in [9.17, 15) is 18.0 Å². The fourth-order valence-electron chi connectivity index (χ4n) is 3.16. The Morgan fingerprint density at radius 2 is 2.03 bits per heavy atom. The fourth-order valence-corrected chi connectivity index (χ4v) is 3.16. The van der Waals surface area contributed by atoms with Crippen molar-refractivity contribution in [2.75, 3.05) is 7.11 Å². The number of hydrogen-bond acceptors (Lipinski definition) is 4. The average molecular weight is 400 g/mol. The van der Waals surface area contributed by atoms with Crippen molar-refractivity contribution < 1.29 is 17.9 Å². The summed E-state index contributed by atoms with van der Waals surface area (Å²) in [5.74, 6) is -0.123. The molecule has 0 amide bonds. The second kappa shape index (κ2) is 7.42. The van der Waals surface area contributed by atoms with E-state index in [1.165, 1.54) is 42.4 Å². The summed E-state index contributed by atoms with van der Waals surface area (Å²) >= 11 is 0. The summed E-state index contributed by atoms with van der Waals surface area (Å²) in [6.07, 6.45) is -0.00708. The summed E-state index contributed by atoms with van der Waals surface area (Å²) in [7, 11) is 1.43. The van der Waals surface area contributed by atoms with E-state index in [1.54, 1.807) is 18.2 Å². The molecule has 4 aromatic rings. The molecule has 0 fully saturated rings. The number of fused-ring (bicyclic) bond motifs is 1. The van der Waals surface area contributed by atoms with E-state index in [-0.39, 0.29) is 23.4 Å². The van der Waals surface area contributed by atoms with Crippen LogP contribution < -0.4 is 10.3 Å². The number of H-pyrrole nitrogens is 1.